The van der Waals surface area contributed by atoms with E-state index < -0.39 is 0 Å². The third-order valence-corrected chi connectivity index (χ3v) is 4.16. The summed E-state index contributed by atoms with van der Waals surface area (Å²) in [6, 6.07) is 14.2. The molecule has 0 bridgehead atoms. The quantitative estimate of drug-likeness (QED) is 0.797. The summed E-state index contributed by atoms with van der Waals surface area (Å²) in [7, 11) is 1.71. The summed E-state index contributed by atoms with van der Waals surface area (Å²) in [5, 5.41) is 12.0. The van der Waals surface area contributed by atoms with Gasteiger partial charge >= 0.3 is 0 Å². The van der Waals surface area contributed by atoms with Gasteiger partial charge < -0.3 is 10.2 Å². The van der Waals surface area contributed by atoms with Crippen molar-refractivity contribution in [2.75, 3.05) is 23.8 Å². The molecule has 0 aliphatic carbocycles. The smallest absolute Gasteiger partial charge is 0.243 e. The lowest BCUT2D eigenvalue weighted by Crippen LogP contribution is -2.30. The molecule has 0 aliphatic rings. The summed E-state index contributed by atoms with van der Waals surface area (Å²) in [5.41, 5.74) is 2.14. The minimum Gasteiger partial charge on any atom is -0.364 e. The van der Waals surface area contributed by atoms with Gasteiger partial charge in [-0.05, 0) is 53.2 Å². The molecule has 0 saturated heterocycles. The first-order valence-electron chi connectivity index (χ1n) is 7.23. The van der Waals surface area contributed by atoms with Crippen LogP contribution in [0.1, 0.15) is 22.8 Å². The van der Waals surface area contributed by atoms with E-state index >= 15 is 0 Å². The summed E-state index contributed by atoms with van der Waals surface area (Å²) in [4.78, 5) is 25.4. The van der Waals surface area contributed by atoms with E-state index in [1.807, 2.05) is 18.2 Å². The van der Waals surface area contributed by atoms with Crippen molar-refractivity contribution in [3.05, 3.63) is 58.1 Å². The van der Waals surface area contributed by atoms with E-state index in [2.05, 4.69) is 27.3 Å². The van der Waals surface area contributed by atoms with Gasteiger partial charge in [0, 0.05) is 17.1 Å². The Labute approximate surface area is 149 Å². The number of benzene rings is 2. The summed E-state index contributed by atoms with van der Waals surface area (Å²) < 4.78 is 0.789. The number of carbonyl (C=O) groups is 2. The van der Waals surface area contributed by atoms with Crippen LogP contribution in [0.15, 0.2) is 46.9 Å². The number of rotatable bonds is 5. The van der Waals surface area contributed by atoms with Gasteiger partial charge in [-0.2, -0.15) is 5.26 Å². The second-order valence-corrected chi connectivity index (χ2v) is 6.14. The molecule has 0 aliphatic heterocycles. The van der Waals surface area contributed by atoms with Gasteiger partial charge in [-0.15, -0.1) is 0 Å². The van der Waals surface area contributed by atoms with Gasteiger partial charge in [0.15, 0.2) is 5.78 Å². The lowest BCUT2D eigenvalue weighted by atomic mass is 10.1. The van der Waals surface area contributed by atoms with Gasteiger partial charge in [0.05, 0.1) is 23.5 Å². The molecule has 1 N–H and O–H groups in total. The molecule has 1 amide bonds. The normalized spacial score (nSPS) is 9.92. The summed E-state index contributed by atoms with van der Waals surface area (Å²) in [6.45, 7) is 1.52. The van der Waals surface area contributed by atoms with E-state index in [1.54, 1.807) is 36.2 Å². The number of hydrogen-bond acceptors (Lipinski definition) is 4. The van der Waals surface area contributed by atoms with E-state index in [-0.39, 0.29) is 18.2 Å². The van der Waals surface area contributed by atoms with Crippen molar-refractivity contribution in [1.29, 1.82) is 5.26 Å². The van der Waals surface area contributed by atoms with Crippen LogP contribution in [0, 0.1) is 11.3 Å². The molecule has 122 valence electrons. The van der Waals surface area contributed by atoms with Crippen LogP contribution in [-0.2, 0) is 4.79 Å². The average Bonchev–Trinajstić information content (AvgIpc) is 2.56. The number of likely N-dealkylation sites (N-methyl/N-ethyl adjacent to an activating group) is 1. The molecule has 0 spiro atoms. The average molecular weight is 386 g/mol. The fraction of sp³-hybridized carbons (Fsp3) is 0.167. The lowest BCUT2D eigenvalue weighted by Gasteiger charge is -2.20. The molecule has 0 aromatic heterocycles. The monoisotopic (exact) mass is 385 g/mol. The van der Waals surface area contributed by atoms with E-state index in [0.717, 1.165) is 4.47 Å². The predicted molar refractivity (Wildman–Crippen MR) is 97.2 cm³/mol. The molecule has 0 heterocycles. The highest BCUT2D eigenvalue weighted by Crippen LogP contribution is 2.23. The molecule has 0 unspecified atom stereocenters. The Morgan fingerprint density at radius 2 is 1.96 bits per heavy atom. The second-order valence-electron chi connectivity index (χ2n) is 5.28. The Kier molecular flexibility index (Phi) is 5.72. The van der Waals surface area contributed by atoms with Crippen LogP contribution >= 0.6 is 15.9 Å². The first-order chi connectivity index (χ1) is 11.4. The molecule has 0 atom stereocenters. The highest BCUT2D eigenvalue weighted by molar-refractivity contribution is 9.10. The molecule has 0 radical (unpaired) electrons. The van der Waals surface area contributed by atoms with E-state index in [1.165, 1.54) is 6.92 Å². The molecule has 2 aromatic carbocycles. The molecule has 6 heteroatoms. The van der Waals surface area contributed by atoms with E-state index in [4.69, 9.17) is 0 Å². The number of ketones is 1. The molecule has 2 rings (SSSR count). The minimum absolute atomic E-state index is 0.0529. The number of para-hydroxylation sites is 1. The van der Waals surface area contributed by atoms with Crippen LogP contribution < -0.4 is 10.2 Å². The van der Waals surface area contributed by atoms with Crippen molar-refractivity contribution in [2.45, 2.75) is 6.92 Å². The van der Waals surface area contributed by atoms with Gasteiger partial charge in [-0.25, -0.2) is 0 Å². The van der Waals surface area contributed by atoms with E-state index in [0.29, 0.717) is 22.5 Å². The van der Waals surface area contributed by atoms with Crippen LogP contribution in [0.2, 0.25) is 0 Å². The molecule has 5 nitrogen and oxygen atoms in total. The largest absolute Gasteiger partial charge is 0.364 e. The second kappa shape index (κ2) is 7.75. The van der Waals surface area contributed by atoms with Crippen molar-refractivity contribution < 1.29 is 9.59 Å². The number of hydrogen-bond donors (Lipinski definition) is 1. The molecule has 0 fully saturated rings. The molecular formula is C18H16BrN3O2. The van der Waals surface area contributed by atoms with Gasteiger partial charge in [-0.3, -0.25) is 9.59 Å². The number of nitrogens with one attached hydrogen (secondary N) is 1. The maximum Gasteiger partial charge on any atom is 0.243 e. The van der Waals surface area contributed by atoms with Crippen molar-refractivity contribution in [1.82, 2.24) is 0 Å². The van der Waals surface area contributed by atoms with Crippen LogP contribution in [0.25, 0.3) is 0 Å². The maximum absolute atomic E-state index is 12.2. The number of halogens is 1. The third-order valence-electron chi connectivity index (χ3n) is 3.46. The third kappa shape index (κ3) is 4.21. The Bertz CT molecular complexity index is 827. The van der Waals surface area contributed by atoms with Crippen LogP contribution in [0.5, 0.6) is 0 Å². The molecule has 24 heavy (non-hydrogen) atoms. The van der Waals surface area contributed by atoms with Crippen LogP contribution in [-0.4, -0.2) is 25.3 Å². The van der Waals surface area contributed by atoms with Crippen LogP contribution in [0.4, 0.5) is 11.4 Å². The van der Waals surface area contributed by atoms with Gasteiger partial charge in [0.1, 0.15) is 6.07 Å². The molecular weight excluding hydrogens is 370 g/mol. The number of nitriles is 1. The number of Topliss-reactive ketones (excluding diaryl/α,β-unsaturated/α-hetero) is 1. The van der Waals surface area contributed by atoms with Crippen molar-refractivity contribution in [3.63, 3.8) is 0 Å². The van der Waals surface area contributed by atoms with Gasteiger partial charge in [-0.1, -0.05) is 12.1 Å². The number of anilines is 2. The van der Waals surface area contributed by atoms with Crippen molar-refractivity contribution in [3.8, 4) is 6.07 Å². The highest BCUT2D eigenvalue weighted by atomic mass is 79.9. The summed E-state index contributed by atoms with van der Waals surface area (Å²) >= 11 is 3.38. The summed E-state index contributed by atoms with van der Waals surface area (Å²) in [5.74, 6) is -0.312. The Morgan fingerprint density at radius 3 is 2.58 bits per heavy atom. The minimum atomic E-state index is -0.221. The van der Waals surface area contributed by atoms with Crippen molar-refractivity contribution >= 4 is 39.0 Å². The number of amides is 1. The highest BCUT2D eigenvalue weighted by Gasteiger charge is 2.14. The Hall–Kier alpha value is -2.65. The first-order valence-corrected chi connectivity index (χ1v) is 8.02. The Morgan fingerprint density at radius 1 is 1.25 bits per heavy atom. The predicted octanol–water partition coefficient (Wildman–Crippen LogP) is 3.60. The standard InChI is InChI=1S/C18H16BrN3O2/c1-12(23)13-7-8-14(10-20)17(9-13)22(2)11-18(24)21-16-6-4-3-5-15(16)19/h3-9H,11H2,1-2H3,(H,21,24). The zero-order valence-corrected chi connectivity index (χ0v) is 14.9. The number of carbonyl (C=O) groups excluding carboxylic acids is 2. The fourth-order valence-electron chi connectivity index (χ4n) is 2.21. The molecule has 0 saturated carbocycles. The molecule has 2 aromatic rings. The lowest BCUT2D eigenvalue weighted by molar-refractivity contribution is -0.114. The zero-order chi connectivity index (χ0) is 17.7. The maximum atomic E-state index is 12.2. The van der Waals surface area contributed by atoms with Crippen molar-refractivity contribution in [2.24, 2.45) is 0 Å². The van der Waals surface area contributed by atoms with E-state index in [9.17, 15) is 14.9 Å². The SMILES string of the molecule is CC(=O)c1ccc(C#N)c(N(C)CC(=O)Nc2ccccc2Br)c1. The van der Waals surface area contributed by atoms with Gasteiger partial charge in [0.25, 0.3) is 0 Å². The van der Waals surface area contributed by atoms with Crippen LogP contribution in [0.3, 0.4) is 0 Å². The summed E-state index contributed by atoms with van der Waals surface area (Å²) in [6.07, 6.45) is 0. The zero-order valence-electron chi connectivity index (χ0n) is 13.3. The fourth-order valence-corrected chi connectivity index (χ4v) is 2.60. The van der Waals surface area contributed by atoms with Gasteiger partial charge in [0.2, 0.25) is 5.91 Å². The first kappa shape index (κ1) is 17.7. The number of nitrogens with zero attached hydrogens (tertiary/aromatic N) is 2. The Balaban J connectivity index is 2.17. The topological polar surface area (TPSA) is 73.2 Å².